The lowest BCUT2D eigenvalue weighted by Gasteiger charge is -1.92. The van der Waals surface area contributed by atoms with Crippen LogP contribution < -0.4 is 11.5 Å². The van der Waals surface area contributed by atoms with Gasteiger partial charge in [0.2, 0.25) is 0 Å². The molecule has 4 heteroatoms. The SMILES string of the molecule is Cc1cccnc1.Nc1cccnc1N. The van der Waals surface area contributed by atoms with Crippen LogP contribution in [0.1, 0.15) is 5.56 Å². The molecule has 0 radical (unpaired) electrons. The number of anilines is 2. The van der Waals surface area contributed by atoms with E-state index in [1.807, 2.05) is 25.3 Å². The second kappa shape index (κ2) is 5.59. The smallest absolute Gasteiger partial charge is 0.146 e. The minimum absolute atomic E-state index is 0.396. The van der Waals surface area contributed by atoms with Gasteiger partial charge < -0.3 is 11.5 Å². The Bertz CT molecular complexity index is 379. The molecule has 0 spiro atoms. The van der Waals surface area contributed by atoms with Crippen LogP contribution in [0.4, 0.5) is 11.5 Å². The second-order valence-corrected chi connectivity index (χ2v) is 3.01. The number of nitrogens with two attached hydrogens (primary N) is 2. The lowest BCUT2D eigenvalue weighted by atomic mass is 10.3. The summed E-state index contributed by atoms with van der Waals surface area (Å²) in [6.45, 7) is 2.02. The van der Waals surface area contributed by atoms with Crippen molar-refractivity contribution in [1.29, 1.82) is 0 Å². The molecule has 0 aliphatic carbocycles. The maximum Gasteiger partial charge on any atom is 0.146 e. The van der Waals surface area contributed by atoms with Crippen LogP contribution in [0.3, 0.4) is 0 Å². The Labute approximate surface area is 89.0 Å². The van der Waals surface area contributed by atoms with Crippen LogP contribution in [0, 0.1) is 6.92 Å². The minimum Gasteiger partial charge on any atom is -0.396 e. The van der Waals surface area contributed by atoms with E-state index < -0.39 is 0 Å². The summed E-state index contributed by atoms with van der Waals surface area (Å²) in [5.74, 6) is 0.396. The molecule has 0 amide bonds. The van der Waals surface area contributed by atoms with E-state index in [1.165, 1.54) is 5.56 Å². The maximum atomic E-state index is 5.33. The first kappa shape index (κ1) is 11.0. The number of aryl methyl sites for hydroxylation is 1. The predicted octanol–water partition coefficient (Wildman–Crippen LogP) is 1.64. The quantitative estimate of drug-likeness (QED) is 0.680. The van der Waals surface area contributed by atoms with Gasteiger partial charge in [0.05, 0.1) is 5.69 Å². The Morgan fingerprint density at radius 1 is 1.07 bits per heavy atom. The van der Waals surface area contributed by atoms with E-state index >= 15 is 0 Å². The third kappa shape index (κ3) is 4.08. The zero-order chi connectivity index (χ0) is 11.1. The van der Waals surface area contributed by atoms with Crippen LogP contribution in [0.25, 0.3) is 0 Å². The third-order valence-corrected chi connectivity index (χ3v) is 1.68. The van der Waals surface area contributed by atoms with Crippen molar-refractivity contribution in [2.75, 3.05) is 11.5 Å². The van der Waals surface area contributed by atoms with E-state index in [1.54, 1.807) is 24.5 Å². The summed E-state index contributed by atoms with van der Waals surface area (Å²) < 4.78 is 0. The van der Waals surface area contributed by atoms with Gasteiger partial charge in [-0.2, -0.15) is 0 Å². The molecule has 0 bridgehead atoms. The zero-order valence-electron chi connectivity index (χ0n) is 8.59. The summed E-state index contributed by atoms with van der Waals surface area (Å²) in [6, 6.07) is 7.40. The number of nitrogen functional groups attached to an aromatic ring is 2. The van der Waals surface area contributed by atoms with Crippen molar-refractivity contribution in [1.82, 2.24) is 9.97 Å². The summed E-state index contributed by atoms with van der Waals surface area (Å²) in [6.07, 6.45) is 5.21. The Morgan fingerprint density at radius 2 is 1.80 bits per heavy atom. The van der Waals surface area contributed by atoms with Gasteiger partial charge in [0, 0.05) is 18.6 Å². The van der Waals surface area contributed by atoms with Crippen LogP contribution in [0.15, 0.2) is 42.9 Å². The molecule has 0 saturated heterocycles. The van der Waals surface area contributed by atoms with E-state index in [0.717, 1.165) is 0 Å². The maximum absolute atomic E-state index is 5.33. The molecule has 2 aromatic rings. The zero-order valence-corrected chi connectivity index (χ0v) is 8.59. The van der Waals surface area contributed by atoms with Gasteiger partial charge in [-0.15, -0.1) is 0 Å². The van der Waals surface area contributed by atoms with Gasteiger partial charge >= 0.3 is 0 Å². The molecule has 0 saturated carbocycles. The number of hydrogen-bond donors (Lipinski definition) is 2. The molecule has 0 aromatic carbocycles. The molecule has 0 aliphatic rings. The van der Waals surface area contributed by atoms with E-state index in [2.05, 4.69) is 9.97 Å². The molecular formula is C11H14N4. The Kier molecular flexibility index (Phi) is 4.09. The highest BCUT2D eigenvalue weighted by molar-refractivity contribution is 5.56. The molecule has 2 aromatic heterocycles. The van der Waals surface area contributed by atoms with E-state index in [4.69, 9.17) is 11.5 Å². The van der Waals surface area contributed by atoms with Crippen molar-refractivity contribution in [3.63, 3.8) is 0 Å². The van der Waals surface area contributed by atoms with Crippen LogP contribution in [0.5, 0.6) is 0 Å². The highest BCUT2D eigenvalue weighted by Crippen LogP contribution is 2.06. The summed E-state index contributed by atoms with van der Waals surface area (Å²) in [5.41, 5.74) is 12.4. The molecule has 4 N–H and O–H groups in total. The van der Waals surface area contributed by atoms with Gasteiger partial charge in [-0.3, -0.25) is 4.98 Å². The number of pyridine rings is 2. The Hall–Kier alpha value is -2.10. The van der Waals surface area contributed by atoms with E-state index in [0.29, 0.717) is 11.5 Å². The topological polar surface area (TPSA) is 77.8 Å². The highest BCUT2D eigenvalue weighted by atomic mass is 14.9. The third-order valence-electron chi connectivity index (χ3n) is 1.68. The predicted molar refractivity (Wildman–Crippen MR) is 62.0 cm³/mol. The number of aromatic nitrogens is 2. The molecule has 15 heavy (non-hydrogen) atoms. The molecule has 0 atom stereocenters. The normalized spacial score (nSPS) is 8.87. The fourth-order valence-electron chi connectivity index (χ4n) is 0.878. The highest BCUT2D eigenvalue weighted by Gasteiger charge is 1.87. The van der Waals surface area contributed by atoms with Gasteiger partial charge in [-0.1, -0.05) is 6.07 Å². The first-order valence-electron chi connectivity index (χ1n) is 4.52. The van der Waals surface area contributed by atoms with E-state index in [-0.39, 0.29) is 0 Å². The van der Waals surface area contributed by atoms with Crippen LogP contribution in [-0.4, -0.2) is 9.97 Å². The summed E-state index contributed by atoms with van der Waals surface area (Å²) in [7, 11) is 0. The largest absolute Gasteiger partial charge is 0.396 e. The van der Waals surface area contributed by atoms with Gasteiger partial charge in [0.25, 0.3) is 0 Å². The Morgan fingerprint density at radius 3 is 2.13 bits per heavy atom. The molecule has 4 nitrogen and oxygen atoms in total. The van der Waals surface area contributed by atoms with Crippen LogP contribution in [-0.2, 0) is 0 Å². The van der Waals surface area contributed by atoms with Gasteiger partial charge in [-0.05, 0) is 30.7 Å². The lowest BCUT2D eigenvalue weighted by molar-refractivity contribution is 1.27. The molecule has 0 unspecified atom stereocenters. The molecule has 0 fully saturated rings. The summed E-state index contributed by atoms with van der Waals surface area (Å²) >= 11 is 0. The average molecular weight is 202 g/mol. The molecule has 2 heterocycles. The molecular weight excluding hydrogens is 188 g/mol. The van der Waals surface area contributed by atoms with Crippen LogP contribution in [0.2, 0.25) is 0 Å². The monoisotopic (exact) mass is 202 g/mol. The first-order valence-corrected chi connectivity index (χ1v) is 4.52. The minimum atomic E-state index is 0.396. The van der Waals surface area contributed by atoms with E-state index in [9.17, 15) is 0 Å². The van der Waals surface area contributed by atoms with Gasteiger partial charge in [-0.25, -0.2) is 4.98 Å². The van der Waals surface area contributed by atoms with Crippen LogP contribution >= 0.6 is 0 Å². The number of hydrogen-bond acceptors (Lipinski definition) is 4. The molecule has 2 rings (SSSR count). The van der Waals surface area contributed by atoms with Crippen molar-refractivity contribution in [2.45, 2.75) is 6.92 Å². The van der Waals surface area contributed by atoms with Gasteiger partial charge in [0.15, 0.2) is 0 Å². The standard InChI is InChI=1S/C6H7N.C5H7N3/c1-6-3-2-4-7-5-6;6-4-2-1-3-8-5(4)7/h2-5H,1H3;1-3H,6H2,(H2,7,8). The lowest BCUT2D eigenvalue weighted by Crippen LogP contribution is -1.95. The Balaban J connectivity index is 0.000000151. The number of nitrogens with zero attached hydrogens (tertiary/aromatic N) is 2. The summed E-state index contributed by atoms with van der Waals surface area (Å²) in [5, 5.41) is 0. The first-order chi connectivity index (χ1) is 7.20. The van der Waals surface area contributed by atoms with Crippen molar-refractivity contribution >= 4 is 11.5 Å². The summed E-state index contributed by atoms with van der Waals surface area (Å²) in [4.78, 5) is 7.62. The van der Waals surface area contributed by atoms with Crippen molar-refractivity contribution < 1.29 is 0 Å². The fraction of sp³-hybridized carbons (Fsp3) is 0.0909. The fourth-order valence-corrected chi connectivity index (χ4v) is 0.878. The van der Waals surface area contributed by atoms with Crippen molar-refractivity contribution in [3.8, 4) is 0 Å². The average Bonchev–Trinajstić information content (AvgIpc) is 2.25. The van der Waals surface area contributed by atoms with Crippen molar-refractivity contribution in [3.05, 3.63) is 48.4 Å². The molecule has 78 valence electrons. The molecule has 0 aliphatic heterocycles. The van der Waals surface area contributed by atoms with Crippen molar-refractivity contribution in [2.24, 2.45) is 0 Å². The second-order valence-electron chi connectivity index (χ2n) is 3.01. The van der Waals surface area contributed by atoms with Gasteiger partial charge in [0.1, 0.15) is 5.82 Å². The number of rotatable bonds is 0.